The zero-order valence-electron chi connectivity index (χ0n) is 12.4. The number of rotatable bonds is 7. The Hall–Kier alpha value is -0.980. The summed E-state index contributed by atoms with van der Waals surface area (Å²) in [6.07, 6.45) is 11.7. The quantitative estimate of drug-likeness (QED) is 0.481. The predicted molar refractivity (Wildman–Crippen MR) is 81.1 cm³/mol. The van der Waals surface area contributed by atoms with Gasteiger partial charge in [0.15, 0.2) is 0 Å². The minimum absolute atomic E-state index is 0.797. The van der Waals surface area contributed by atoms with Gasteiger partial charge in [0.1, 0.15) is 0 Å². The van der Waals surface area contributed by atoms with Crippen LogP contribution in [0.2, 0.25) is 0 Å². The summed E-state index contributed by atoms with van der Waals surface area (Å²) in [7, 11) is 0. The summed E-state index contributed by atoms with van der Waals surface area (Å²) in [4.78, 5) is 0. The molecule has 0 aliphatic rings. The molecule has 0 unspecified atom stereocenters. The number of allylic oxidation sites excluding steroid dienone is 4. The summed E-state index contributed by atoms with van der Waals surface area (Å²) in [6.45, 7) is 15.5. The summed E-state index contributed by atoms with van der Waals surface area (Å²) in [5, 5.41) is 3.38. The normalized spacial score (nSPS) is 11.3. The van der Waals surface area contributed by atoms with E-state index in [4.69, 9.17) is 0 Å². The highest BCUT2D eigenvalue weighted by atomic mass is 14.9. The van der Waals surface area contributed by atoms with E-state index in [9.17, 15) is 0 Å². The van der Waals surface area contributed by atoms with Crippen molar-refractivity contribution in [2.24, 2.45) is 5.92 Å². The van der Waals surface area contributed by atoms with Crippen molar-refractivity contribution in [1.82, 2.24) is 5.32 Å². The van der Waals surface area contributed by atoms with Gasteiger partial charge in [0.05, 0.1) is 0 Å². The fraction of sp³-hybridized carbons (Fsp3) is 0.625. The maximum absolute atomic E-state index is 3.69. The largest absolute Gasteiger partial charge is 0.385 e. The molecule has 0 bridgehead atoms. The molecule has 0 fully saturated rings. The molecule has 0 amide bonds. The minimum Gasteiger partial charge on any atom is -0.385 e. The van der Waals surface area contributed by atoms with Crippen molar-refractivity contribution in [3.8, 4) is 0 Å². The average molecular weight is 237 g/mol. The van der Waals surface area contributed by atoms with Gasteiger partial charge in [-0.05, 0) is 37.8 Å². The first-order valence-electron chi connectivity index (χ1n) is 6.81. The average Bonchev–Trinajstić information content (AvgIpc) is 2.25. The Morgan fingerprint density at radius 1 is 1.29 bits per heavy atom. The molecule has 0 saturated heterocycles. The first-order valence-corrected chi connectivity index (χ1v) is 6.81. The molecule has 0 radical (unpaired) electrons. The molecule has 0 atom stereocenters. The lowest BCUT2D eigenvalue weighted by Gasteiger charge is -2.08. The fourth-order valence-electron chi connectivity index (χ4n) is 1.22. The standard InChI is InChI=1S/C13H23N.C3H8/c1-5-8-13(9-6-2)14-11-7-10-12(3)4;1-3-2/h5-6,8-9,12,14H,1,7,10-11H2,2-4H3;3H2,1-2H3/b9-6-,13-8+;. The van der Waals surface area contributed by atoms with Gasteiger partial charge in [0, 0.05) is 12.2 Å². The summed E-state index contributed by atoms with van der Waals surface area (Å²) in [5.41, 5.74) is 1.14. The van der Waals surface area contributed by atoms with Gasteiger partial charge in [-0.15, -0.1) is 0 Å². The Morgan fingerprint density at radius 2 is 1.88 bits per heavy atom. The van der Waals surface area contributed by atoms with Gasteiger partial charge in [0.2, 0.25) is 0 Å². The highest BCUT2D eigenvalue weighted by molar-refractivity contribution is 5.20. The fourth-order valence-corrected chi connectivity index (χ4v) is 1.22. The molecular formula is C16H31N. The Labute approximate surface area is 109 Å². The zero-order chi connectivity index (χ0) is 13.5. The van der Waals surface area contributed by atoms with E-state index in [1.54, 1.807) is 0 Å². The van der Waals surface area contributed by atoms with E-state index in [2.05, 4.69) is 45.7 Å². The van der Waals surface area contributed by atoms with Gasteiger partial charge >= 0.3 is 0 Å². The zero-order valence-corrected chi connectivity index (χ0v) is 12.4. The third-order valence-electron chi connectivity index (χ3n) is 1.93. The monoisotopic (exact) mass is 237 g/mol. The van der Waals surface area contributed by atoms with Crippen LogP contribution in [0.4, 0.5) is 0 Å². The van der Waals surface area contributed by atoms with Crippen LogP contribution in [0.3, 0.4) is 0 Å². The maximum atomic E-state index is 3.69. The van der Waals surface area contributed by atoms with E-state index in [0.717, 1.165) is 18.2 Å². The molecule has 0 aromatic rings. The minimum atomic E-state index is 0.797. The number of hydrogen-bond acceptors (Lipinski definition) is 1. The lowest BCUT2D eigenvalue weighted by atomic mass is 10.1. The summed E-state index contributed by atoms with van der Waals surface area (Å²) < 4.78 is 0. The summed E-state index contributed by atoms with van der Waals surface area (Å²) >= 11 is 0. The third kappa shape index (κ3) is 17.6. The van der Waals surface area contributed by atoms with Gasteiger partial charge in [0.25, 0.3) is 0 Å². The summed E-state index contributed by atoms with van der Waals surface area (Å²) in [6, 6.07) is 0. The SMILES string of the molecule is C=C/C=C(\C=C/C)NCCCC(C)C.CCC. The third-order valence-corrected chi connectivity index (χ3v) is 1.93. The van der Waals surface area contributed by atoms with Crippen molar-refractivity contribution in [2.45, 2.75) is 53.9 Å². The molecule has 0 aromatic carbocycles. The summed E-state index contributed by atoms with van der Waals surface area (Å²) in [5.74, 6) is 0.797. The van der Waals surface area contributed by atoms with Gasteiger partial charge in [-0.3, -0.25) is 0 Å². The molecule has 1 heteroatoms. The van der Waals surface area contributed by atoms with E-state index in [1.807, 2.05) is 25.2 Å². The van der Waals surface area contributed by atoms with E-state index >= 15 is 0 Å². The molecule has 100 valence electrons. The molecule has 0 rings (SSSR count). The highest BCUT2D eigenvalue weighted by Crippen LogP contribution is 2.02. The van der Waals surface area contributed by atoms with Crippen LogP contribution in [0, 0.1) is 5.92 Å². The van der Waals surface area contributed by atoms with Crippen molar-refractivity contribution in [3.05, 3.63) is 36.6 Å². The highest BCUT2D eigenvalue weighted by Gasteiger charge is 1.94. The lowest BCUT2D eigenvalue weighted by molar-refractivity contribution is 0.545. The van der Waals surface area contributed by atoms with Gasteiger partial charge in [-0.2, -0.15) is 0 Å². The van der Waals surface area contributed by atoms with Crippen LogP contribution in [-0.2, 0) is 0 Å². The van der Waals surface area contributed by atoms with Gasteiger partial charge < -0.3 is 5.32 Å². The topological polar surface area (TPSA) is 12.0 Å². The Kier molecular flexibility index (Phi) is 16.2. The van der Waals surface area contributed by atoms with Gasteiger partial charge in [-0.1, -0.05) is 52.8 Å². The number of nitrogens with one attached hydrogen (secondary N) is 1. The first kappa shape index (κ1) is 18.4. The van der Waals surface area contributed by atoms with Crippen LogP contribution in [0.5, 0.6) is 0 Å². The lowest BCUT2D eigenvalue weighted by Crippen LogP contribution is -2.13. The second kappa shape index (κ2) is 15.0. The first-order chi connectivity index (χ1) is 8.12. The van der Waals surface area contributed by atoms with Crippen LogP contribution in [-0.4, -0.2) is 6.54 Å². The Balaban J connectivity index is 0. The Bertz CT molecular complexity index is 212. The van der Waals surface area contributed by atoms with Crippen LogP contribution >= 0.6 is 0 Å². The van der Waals surface area contributed by atoms with Crippen molar-refractivity contribution < 1.29 is 0 Å². The van der Waals surface area contributed by atoms with Crippen molar-refractivity contribution >= 4 is 0 Å². The molecule has 0 aromatic heterocycles. The Morgan fingerprint density at radius 3 is 2.29 bits per heavy atom. The van der Waals surface area contributed by atoms with Crippen LogP contribution < -0.4 is 5.32 Å². The molecular weight excluding hydrogens is 206 g/mol. The predicted octanol–water partition coefficient (Wildman–Crippen LogP) is 5.07. The van der Waals surface area contributed by atoms with Crippen LogP contribution in [0.1, 0.15) is 53.9 Å². The van der Waals surface area contributed by atoms with Crippen molar-refractivity contribution in [1.29, 1.82) is 0 Å². The maximum Gasteiger partial charge on any atom is 0.0336 e. The van der Waals surface area contributed by atoms with E-state index in [0.29, 0.717) is 0 Å². The van der Waals surface area contributed by atoms with Crippen molar-refractivity contribution in [3.63, 3.8) is 0 Å². The second-order valence-electron chi connectivity index (χ2n) is 4.53. The molecule has 0 spiro atoms. The van der Waals surface area contributed by atoms with Crippen molar-refractivity contribution in [2.75, 3.05) is 6.54 Å². The van der Waals surface area contributed by atoms with E-state index in [1.165, 1.54) is 19.3 Å². The van der Waals surface area contributed by atoms with Crippen LogP contribution in [0.25, 0.3) is 0 Å². The molecule has 1 nitrogen and oxygen atoms in total. The van der Waals surface area contributed by atoms with E-state index < -0.39 is 0 Å². The molecule has 1 N–H and O–H groups in total. The molecule has 0 aliphatic carbocycles. The molecule has 17 heavy (non-hydrogen) atoms. The molecule has 0 saturated carbocycles. The molecule has 0 heterocycles. The van der Waals surface area contributed by atoms with Crippen LogP contribution in [0.15, 0.2) is 36.6 Å². The van der Waals surface area contributed by atoms with E-state index in [-0.39, 0.29) is 0 Å². The smallest absolute Gasteiger partial charge is 0.0336 e. The number of hydrogen-bond donors (Lipinski definition) is 1. The van der Waals surface area contributed by atoms with Gasteiger partial charge in [-0.25, -0.2) is 0 Å². The molecule has 0 aliphatic heterocycles. The second-order valence-corrected chi connectivity index (χ2v) is 4.53.